The van der Waals surface area contributed by atoms with Crippen molar-refractivity contribution in [2.24, 2.45) is 0 Å². The van der Waals surface area contributed by atoms with Crippen molar-refractivity contribution in [3.8, 4) is 0 Å². The van der Waals surface area contributed by atoms with Gasteiger partial charge in [0.25, 0.3) is 0 Å². The monoisotopic (exact) mass is 294 g/mol. The van der Waals surface area contributed by atoms with Gasteiger partial charge in [-0.25, -0.2) is 9.97 Å². The molecule has 0 fully saturated rings. The highest BCUT2D eigenvalue weighted by molar-refractivity contribution is 9.10. The first-order valence-corrected chi connectivity index (χ1v) is 6.37. The zero-order chi connectivity index (χ0) is 12.1. The first-order valence-electron chi connectivity index (χ1n) is 5.57. The van der Waals surface area contributed by atoms with Gasteiger partial charge in [-0.2, -0.15) is 0 Å². The van der Waals surface area contributed by atoms with Crippen LogP contribution >= 0.6 is 15.9 Å². The SMILES string of the molecule is Cc1cc(Br)cnc1NCCCn1ccnc1. The number of hydrogen-bond donors (Lipinski definition) is 1. The van der Waals surface area contributed by atoms with Gasteiger partial charge in [0.2, 0.25) is 0 Å². The largest absolute Gasteiger partial charge is 0.370 e. The zero-order valence-corrected chi connectivity index (χ0v) is 11.3. The lowest BCUT2D eigenvalue weighted by Gasteiger charge is -2.08. The summed E-state index contributed by atoms with van der Waals surface area (Å²) >= 11 is 3.40. The Kier molecular flexibility index (Phi) is 4.14. The van der Waals surface area contributed by atoms with Crippen LogP contribution in [0.15, 0.2) is 35.5 Å². The summed E-state index contributed by atoms with van der Waals surface area (Å²) in [6.07, 6.45) is 8.47. The molecule has 0 aliphatic heterocycles. The van der Waals surface area contributed by atoms with Gasteiger partial charge in [0, 0.05) is 36.2 Å². The van der Waals surface area contributed by atoms with Crippen LogP contribution in [0.5, 0.6) is 0 Å². The minimum atomic E-state index is 0.910. The number of nitrogens with one attached hydrogen (secondary N) is 1. The number of hydrogen-bond acceptors (Lipinski definition) is 3. The van der Waals surface area contributed by atoms with Crippen LogP contribution in [0.25, 0.3) is 0 Å². The molecule has 90 valence electrons. The lowest BCUT2D eigenvalue weighted by Crippen LogP contribution is -2.07. The van der Waals surface area contributed by atoms with Crippen LogP contribution in [0.1, 0.15) is 12.0 Å². The first kappa shape index (κ1) is 12.1. The van der Waals surface area contributed by atoms with E-state index in [0.717, 1.165) is 35.4 Å². The quantitative estimate of drug-likeness (QED) is 0.863. The molecule has 0 amide bonds. The van der Waals surface area contributed by atoms with Crippen molar-refractivity contribution in [1.82, 2.24) is 14.5 Å². The molecule has 0 radical (unpaired) electrons. The van der Waals surface area contributed by atoms with E-state index in [9.17, 15) is 0 Å². The average molecular weight is 295 g/mol. The van der Waals surface area contributed by atoms with Crippen LogP contribution in [0, 0.1) is 6.92 Å². The van der Waals surface area contributed by atoms with E-state index < -0.39 is 0 Å². The summed E-state index contributed by atoms with van der Waals surface area (Å²) < 4.78 is 3.09. The maximum atomic E-state index is 4.34. The first-order chi connectivity index (χ1) is 8.25. The van der Waals surface area contributed by atoms with Crippen molar-refractivity contribution in [1.29, 1.82) is 0 Å². The van der Waals surface area contributed by atoms with Gasteiger partial charge in [0.15, 0.2) is 0 Å². The van der Waals surface area contributed by atoms with Crippen LogP contribution in [-0.4, -0.2) is 21.1 Å². The van der Waals surface area contributed by atoms with Crippen molar-refractivity contribution in [2.75, 3.05) is 11.9 Å². The summed E-state index contributed by atoms with van der Waals surface area (Å²) in [5.41, 5.74) is 1.15. The highest BCUT2D eigenvalue weighted by atomic mass is 79.9. The van der Waals surface area contributed by atoms with E-state index in [1.807, 2.05) is 18.7 Å². The molecule has 17 heavy (non-hydrogen) atoms. The van der Waals surface area contributed by atoms with E-state index in [-0.39, 0.29) is 0 Å². The molecule has 0 spiro atoms. The number of pyridine rings is 1. The summed E-state index contributed by atoms with van der Waals surface area (Å²) in [6.45, 7) is 3.94. The molecule has 4 nitrogen and oxygen atoms in total. The number of imidazole rings is 1. The molecule has 5 heteroatoms. The maximum absolute atomic E-state index is 4.34. The van der Waals surface area contributed by atoms with Gasteiger partial charge in [0.1, 0.15) is 5.82 Å². The molecule has 0 saturated heterocycles. The van der Waals surface area contributed by atoms with Gasteiger partial charge in [-0.3, -0.25) is 0 Å². The van der Waals surface area contributed by atoms with Gasteiger partial charge in [-0.1, -0.05) is 0 Å². The Morgan fingerprint density at radius 1 is 1.47 bits per heavy atom. The van der Waals surface area contributed by atoms with Gasteiger partial charge in [-0.15, -0.1) is 0 Å². The Morgan fingerprint density at radius 3 is 3.06 bits per heavy atom. The fourth-order valence-electron chi connectivity index (χ4n) is 1.61. The Balaban J connectivity index is 1.78. The maximum Gasteiger partial charge on any atom is 0.128 e. The van der Waals surface area contributed by atoms with Gasteiger partial charge in [-0.05, 0) is 40.9 Å². The smallest absolute Gasteiger partial charge is 0.128 e. The highest BCUT2D eigenvalue weighted by Crippen LogP contribution is 2.16. The summed E-state index contributed by atoms with van der Waals surface area (Å²) in [7, 11) is 0. The number of nitrogens with zero attached hydrogens (tertiary/aromatic N) is 3. The van der Waals surface area contributed by atoms with Crippen LogP contribution in [0.2, 0.25) is 0 Å². The van der Waals surface area contributed by atoms with Crippen molar-refractivity contribution in [3.63, 3.8) is 0 Å². The molecule has 2 heterocycles. The minimum absolute atomic E-state index is 0.910. The molecule has 0 atom stereocenters. The number of anilines is 1. The molecule has 0 bridgehead atoms. The third-order valence-electron chi connectivity index (χ3n) is 2.49. The second-order valence-electron chi connectivity index (χ2n) is 3.90. The Morgan fingerprint density at radius 2 is 2.35 bits per heavy atom. The van der Waals surface area contributed by atoms with Crippen LogP contribution in [0.4, 0.5) is 5.82 Å². The third kappa shape index (κ3) is 3.56. The Labute approximate surface area is 109 Å². The van der Waals surface area contributed by atoms with E-state index in [4.69, 9.17) is 0 Å². The number of halogens is 1. The fourth-order valence-corrected chi connectivity index (χ4v) is 2.06. The molecule has 0 unspecified atom stereocenters. The molecule has 0 aliphatic rings. The summed E-state index contributed by atoms with van der Waals surface area (Å²) in [5, 5.41) is 3.34. The van der Waals surface area contributed by atoms with Gasteiger partial charge < -0.3 is 9.88 Å². The van der Waals surface area contributed by atoms with E-state index in [1.165, 1.54) is 0 Å². The standard InChI is InChI=1S/C12H15BrN4/c1-10-7-11(13)8-16-12(10)15-3-2-5-17-6-4-14-9-17/h4,6-9H,2-3,5H2,1H3,(H,15,16). The second kappa shape index (κ2) is 5.82. The molecule has 2 aromatic heterocycles. The summed E-state index contributed by atoms with van der Waals surface area (Å²) in [6, 6.07) is 2.06. The van der Waals surface area contributed by atoms with Crippen molar-refractivity contribution < 1.29 is 0 Å². The third-order valence-corrected chi connectivity index (χ3v) is 2.92. The number of rotatable bonds is 5. The van der Waals surface area contributed by atoms with Gasteiger partial charge >= 0.3 is 0 Å². The molecule has 0 aromatic carbocycles. The van der Waals surface area contributed by atoms with Crippen molar-refractivity contribution in [3.05, 3.63) is 41.0 Å². The highest BCUT2D eigenvalue weighted by Gasteiger charge is 1.99. The average Bonchev–Trinajstić information content (AvgIpc) is 2.79. The van der Waals surface area contributed by atoms with E-state index in [1.54, 1.807) is 6.20 Å². The van der Waals surface area contributed by atoms with E-state index >= 15 is 0 Å². The lowest BCUT2D eigenvalue weighted by atomic mass is 10.3. The van der Waals surface area contributed by atoms with Crippen molar-refractivity contribution >= 4 is 21.7 Å². The Hall–Kier alpha value is -1.36. The molecule has 2 aromatic rings. The predicted octanol–water partition coefficient (Wildman–Crippen LogP) is 2.85. The summed E-state index contributed by atoms with van der Waals surface area (Å²) in [5.74, 6) is 0.957. The molecular weight excluding hydrogens is 280 g/mol. The normalized spacial score (nSPS) is 10.5. The van der Waals surface area contributed by atoms with Crippen LogP contribution in [-0.2, 0) is 6.54 Å². The van der Waals surface area contributed by atoms with E-state index in [2.05, 4.69) is 48.8 Å². The van der Waals surface area contributed by atoms with Crippen LogP contribution < -0.4 is 5.32 Å². The molecule has 2 rings (SSSR count). The van der Waals surface area contributed by atoms with E-state index in [0.29, 0.717) is 0 Å². The van der Waals surface area contributed by atoms with Gasteiger partial charge in [0.05, 0.1) is 6.33 Å². The molecule has 0 saturated carbocycles. The topological polar surface area (TPSA) is 42.7 Å². The number of aromatic nitrogens is 3. The minimum Gasteiger partial charge on any atom is -0.370 e. The Bertz CT molecular complexity index is 467. The molecule has 1 N–H and O–H groups in total. The number of aryl methyl sites for hydroxylation is 2. The molecule has 0 aliphatic carbocycles. The fraction of sp³-hybridized carbons (Fsp3) is 0.333. The predicted molar refractivity (Wildman–Crippen MR) is 72.0 cm³/mol. The van der Waals surface area contributed by atoms with Crippen LogP contribution in [0.3, 0.4) is 0 Å². The van der Waals surface area contributed by atoms with Crippen molar-refractivity contribution in [2.45, 2.75) is 19.9 Å². The molecular formula is C12H15BrN4. The lowest BCUT2D eigenvalue weighted by molar-refractivity contribution is 0.660. The summed E-state index contributed by atoms with van der Waals surface area (Å²) in [4.78, 5) is 8.34. The second-order valence-corrected chi connectivity index (χ2v) is 4.82. The zero-order valence-electron chi connectivity index (χ0n) is 9.73.